The molecule has 1 aromatic carbocycles. The van der Waals surface area contributed by atoms with Gasteiger partial charge in [0.05, 0.1) is 18.2 Å². The standard InChI is InChI=1S/C18H27N3O5S2/c1-27(23,24)19-13-16-7-3-4-10-20(16)18(22)15-8-9-17-14(12-15)6-5-11-21(17)28(2,25)26/h8-9,12,16,19H,3-7,10-11,13H2,1-2H3. The number of benzene rings is 1. The van der Waals surface area contributed by atoms with Gasteiger partial charge in [-0.1, -0.05) is 0 Å². The predicted molar refractivity (Wildman–Crippen MR) is 108 cm³/mol. The van der Waals surface area contributed by atoms with Crippen LogP contribution in [0.15, 0.2) is 18.2 Å². The maximum absolute atomic E-state index is 13.1. The zero-order valence-electron chi connectivity index (χ0n) is 16.2. The zero-order chi connectivity index (χ0) is 20.5. The molecule has 1 amide bonds. The minimum absolute atomic E-state index is 0.140. The van der Waals surface area contributed by atoms with Crippen molar-refractivity contribution in [1.82, 2.24) is 9.62 Å². The Balaban J connectivity index is 1.83. The Labute approximate surface area is 167 Å². The molecular formula is C18H27N3O5S2. The number of rotatable bonds is 5. The van der Waals surface area contributed by atoms with Gasteiger partial charge in [-0.25, -0.2) is 21.6 Å². The second kappa shape index (κ2) is 8.00. The van der Waals surface area contributed by atoms with Gasteiger partial charge in [-0.3, -0.25) is 9.10 Å². The molecule has 2 aliphatic rings. The number of piperidine rings is 1. The Bertz CT molecular complexity index is 959. The van der Waals surface area contributed by atoms with Gasteiger partial charge in [0, 0.05) is 31.2 Å². The van der Waals surface area contributed by atoms with E-state index in [4.69, 9.17) is 0 Å². The number of hydrogen-bond donors (Lipinski definition) is 1. The molecule has 2 aliphatic heterocycles. The molecule has 0 bridgehead atoms. The maximum atomic E-state index is 13.1. The van der Waals surface area contributed by atoms with Crippen LogP contribution in [0.25, 0.3) is 0 Å². The van der Waals surface area contributed by atoms with Gasteiger partial charge in [0.2, 0.25) is 20.0 Å². The average Bonchev–Trinajstić information content (AvgIpc) is 2.63. The zero-order valence-corrected chi connectivity index (χ0v) is 17.9. The number of anilines is 1. The second-order valence-electron chi connectivity index (χ2n) is 7.55. The Morgan fingerprint density at radius 2 is 1.86 bits per heavy atom. The minimum Gasteiger partial charge on any atom is -0.334 e. The fraction of sp³-hybridized carbons (Fsp3) is 0.611. The van der Waals surface area contributed by atoms with Crippen LogP contribution >= 0.6 is 0 Å². The Morgan fingerprint density at radius 1 is 1.11 bits per heavy atom. The third-order valence-electron chi connectivity index (χ3n) is 5.27. The van der Waals surface area contributed by atoms with Crippen molar-refractivity contribution in [2.24, 2.45) is 0 Å². The first-order valence-electron chi connectivity index (χ1n) is 9.42. The van der Waals surface area contributed by atoms with Gasteiger partial charge in [0.15, 0.2) is 0 Å². The first kappa shape index (κ1) is 21.1. The van der Waals surface area contributed by atoms with E-state index < -0.39 is 20.0 Å². The van der Waals surface area contributed by atoms with E-state index in [0.29, 0.717) is 30.8 Å². The van der Waals surface area contributed by atoms with E-state index in [1.54, 1.807) is 23.1 Å². The normalized spacial score (nSPS) is 20.7. The monoisotopic (exact) mass is 429 g/mol. The molecule has 1 N–H and O–H groups in total. The summed E-state index contributed by atoms with van der Waals surface area (Å²) in [6.45, 7) is 1.24. The number of aryl methyl sites for hydroxylation is 1. The van der Waals surface area contributed by atoms with E-state index in [-0.39, 0.29) is 18.5 Å². The largest absolute Gasteiger partial charge is 0.334 e. The third-order valence-corrected chi connectivity index (χ3v) is 7.14. The quantitative estimate of drug-likeness (QED) is 0.750. The second-order valence-corrected chi connectivity index (χ2v) is 11.3. The van der Waals surface area contributed by atoms with Crippen LogP contribution in [0.4, 0.5) is 5.69 Å². The number of amides is 1. The fourth-order valence-corrected chi connectivity index (χ4v) is 5.42. The van der Waals surface area contributed by atoms with E-state index in [1.165, 1.54) is 10.6 Å². The summed E-state index contributed by atoms with van der Waals surface area (Å²) in [5, 5.41) is 0. The summed E-state index contributed by atoms with van der Waals surface area (Å²) in [6, 6.07) is 4.97. The van der Waals surface area contributed by atoms with Crippen molar-refractivity contribution < 1.29 is 21.6 Å². The van der Waals surface area contributed by atoms with Gasteiger partial charge in [-0.15, -0.1) is 0 Å². The van der Waals surface area contributed by atoms with Gasteiger partial charge in [-0.2, -0.15) is 0 Å². The first-order valence-corrected chi connectivity index (χ1v) is 13.2. The summed E-state index contributed by atoms with van der Waals surface area (Å²) in [6.07, 6.45) is 6.32. The minimum atomic E-state index is -3.35. The van der Waals surface area contributed by atoms with Crippen molar-refractivity contribution in [2.75, 3.05) is 36.5 Å². The lowest BCUT2D eigenvalue weighted by Crippen LogP contribution is -2.49. The van der Waals surface area contributed by atoms with Crippen LogP contribution in [-0.4, -0.2) is 65.8 Å². The average molecular weight is 430 g/mol. The topological polar surface area (TPSA) is 104 Å². The van der Waals surface area contributed by atoms with Gasteiger partial charge in [0.25, 0.3) is 5.91 Å². The van der Waals surface area contributed by atoms with Crippen LogP contribution < -0.4 is 9.03 Å². The summed E-state index contributed by atoms with van der Waals surface area (Å²) < 4.78 is 50.8. The van der Waals surface area contributed by atoms with E-state index in [0.717, 1.165) is 37.5 Å². The van der Waals surface area contributed by atoms with E-state index in [9.17, 15) is 21.6 Å². The highest BCUT2D eigenvalue weighted by atomic mass is 32.2. The third kappa shape index (κ3) is 4.84. The maximum Gasteiger partial charge on any atom is 0.254 e. The molecule has 0 spiro atoms. The van der Waals surface area contributed by atoms with Crippen LogP contribution in [0.1, 0.15) is 41.6 Å². The number of likely N-dealkylation sites (tertiary alicyclic amines) is 1. The number of carbonyl (C=O) groups excluding carboxylic acids is 1. The van der Waals surface area contributed by atoms with Gasteiger partial charge < -0.3 is 4.90 Å². The fourth-order valence-electron chi connectivity index (χ4n) is 3.93. The van der Waals surface area contributed by atoms with Crippen LogP contribution in [0, 0.1) is 0 Å². The van der Waals surface area contributed by atoms with E-state index in [1.807, 2.05) is 0 Å². The Morgan fingerprint density at radius 3 is 2.54 bits per heavy atom. The van der Waals surface area contributed by atoms with Crippen molar-refractivity contribution in [1.29, 1.82) is 0 Å². The Hall–Kier alpha value is -1.65. The van der Waals surface area contributed by atoms with Gasteiger partial charge in [-0.05, 0) is 55.9 Å². The highest BCUT2D eigenvalue weighted by molar-refractivity contribution is 7.92. The highest BCUT2D eigenvalue weighted by Crippen LogP contribution is 2.31. The molecule has 10 heteroatoms. The van der Waals surface area contributed by atoms with Crippen molar-refractivity contribution >= 4 is 31.6 Å². The summed E-state index contributed by atoms with van der Waals surface area (Å²) in [4.78, 5) is 14.9. The molecule has 2 heterocycles. The SMILES string of the molecule is CS(=O)(=O)NCC1CCCCN1C(=O)c1ccc2c(c1)CCCN2S(C)(=O)=O. The molecule has 0 radical (unpaired) electrons. The van der Waals surface area contributed by atoms with Gasteiger partial charge >= 0.3 is 0 Å². The molecule has 1 saturated heterocycles. The van der Waals surface area contributed by atoms with Crippen LogP contribution in [0.3, 0.4) is 0 Å². The molecule has 28 heavy (non-hydrogen) atoms. The van der Waals surface area contributed by atoms with Crippen molar-refractivity contribution in [2.45, 2.75) is 38.1 Å². The van der Waals surface area contributed by atoms with Gasteiger partial charge in [0.1, 0.15) is 0 Å². The molecule has 1 atom stereocenters. The number of sulfonamides is 2. The van der Waals surface area contributed by atoms with Crippen molar-refractivity contribution in [3.8, 4) is 0 Å². The molecule has 3 rings (SSSR count). The first-order chi connectivity index (χ1) is 13.1. The number of fused-ring (bicyclic) bond motifs is 1. The van der Waals surface area contributed by atoms with Crippen LogP contribution in [0.2, 0.25) is 0 Å². The van der Waals surface area contributed by atoms with E-state index in [2.05, 4.69) is 4.72 Å². The summed E-state index contributed by atoms with van der Waals surface area (Å²) in [5.41, 5.74) is 2.00. The number of hydrogen-bond acceptors (Lipinski definition) is 5. The summed E-state index contributed by atoms with van der Waals surface area (Å²) in [5.74, 6) is -0.140. The summed E-state index contributed by atoms with van der Waals surface area (Å²) in [7, 11) is -6.67. The van der Waals surface area contributed by atoms with Crippen molar-refractivity contribution in [3.63, 3.8) is 0 Å². The summed E-state index contributed by atoms with van der Waals surface area (Å²) >= 11 is 0. The molecule has 1 unspecified atom stereocenters. The van der Waals surface area contributed by atoms with Crippen LogP contribution in [-0.2, 0) is 26.5 Å². The molecule has 0 aliphatic carbocycles. The Kier molecular flexibility index (Phi) is 6.02. The van der Waals surface area contributed by atoms with Crippen molar-refractivity contribution in [3.05, 3.63) is 29.3 Å². The smallest absolute Gasteiger partial charge is 0.254 e. The van der Waals surface area contributed by atoms with E-state index >= 15 is 0 Å². The molecular weight excluding hydrogens is 402 g/mol. The predicted octanol–water partition coefficient (Wildman–Crippen LogP) is 0.943. The lowest BCUT2D eigenvalue weighted by atomic mass is 9.98. The molecule has 0 saturated carbocycles. The molecule has 1 fully saturated rings. The molecule has 8 nitrogen and oxygen atoms in total. The number of carbonyl (C=O) groups is 1. The number of nitrogens with one attached hydrogen (secondary N) is 1. The molecule has 0 aromatic heterocycles. The highest BCUT2D eigenvalue weighted by Gasteiger charge is 2.30. The van der Waals surface area contributed by atoms with Crippen LogP contribution in [0.5, 0.6) is 0 Å². The molecule has 1 aromatic rings. The molecule has 156 valence electrons. The lowest BCUT2D eigenvalue weighted by molar-refractivity contribution is 0.0618. The lowest BCUT2D eigenvalue weighted by Gasteiger charge is -2.36. The number of nitrogens with zero attached hydrogens (tertiary/aromatic N) is 2.